The van der Waals surface area contributed by atoms with Crippen molar-refractivity contribution in [2.45, 2.75) is 18.9 Å². The molecule has 4 N–H and O–H groups in total. The third kappa shape index (κ3) is 3.24. The van der Waals surface area contributed by atoms with Crippen LogP contribution in [0.3, 0.4) is 0 Å². The van der Waals surface area contributed by atoms with Crippen molar-refractivity contribution >= 4 is 46.2 Å². The molecule has 1 aliphatic rings. The number of fused-ring (bicyclic) bond motifs is 1. The van der Waals surface area contributed by atoms with E-state index in [1.807, 2.05) is 4.90 Å². The Kier molecular flexibility index (Phi) is 4.50. The van der Waals surface area contributed by atoms with Crippen LogP contribution in [-0.2, 0) is 0 Å². The summed E-state index contributed by atoms with van der Waals surface area (Å²) in [6.07, 6.45) is 1.82. The van der Waals surface area contributed by atoms with Crippen LogP contribution < -0.4 is 10.2 Å². The van der Waals surface area contributed by atoms with E-state index in [1.54, 1.807) is 6.07 Å². The highest BCUT2D eigenvalue weighted by molar-refractivity contribution is 6.33. The first kappa shape index (κ1) is 17.4. The van der Waals surface area contributed by atoms with E-state index in [0.717, 1.165) is 19.4 Å². The average molecular weight is 390 g/mol. The number of H-pyrrole nitrogens is 1. The molecule has 0 amide bonds. The number of carboxylic acids is 1. The van der Waals surface area contributed by atoms with Gasteiger partial charge in [-0.05, 0) is 31.0 Å². The van der Waals surface area contributed by atoms with E-state index >= 15 is 0 Å². The minimum Gasteiger partial charge on any atom is -0.478 e. The number of hydrogen-bond donors (Lipinski definition) is 4. The smallest absolute Gasteiger partial charge is 0.337 e. The van der Waals surface area contributed by atoms with Gasteiger partial charge >= 0.3 is 5.97 Å². The lowest BCUT2D eigenvalue weighted by molar-refractivity contribution is 0.0697. The van der Waals surface area contributed by atoms with Crippen LogP contribution in [0.4, 0.5) is 17.5 Å². The molecule has 4 rings (SSSR count). The van der Waals surface area contributed by atoms with Gasteiger partial charge in [-0.1, -0.05) is 16.8 Å². The number of aromatic nitrogens is 5. The van der Waals surface area contributed by atoms with Gasteiger partial charge in [0.2, 0.25) is 5.95 Å². The molecule has 3 heterocycles. The predicted octanol–water partition coefficient (Wildman–Crippen LogP) is 1.80. The van der Waals surface area contributed by atoms with Gasteiger partial charge in [-0.3, -0.25) is 0 Å². The van der Waals surface area contributed by atoms with E-state index in [4.69, 9.17) is 16.7 Å². The normalized spacial score (nSPS) is 16.8. The molecule has 0 saturated carbocycles. The molecule has 1 fully saturated rings. The SMILES string of the molecule is O=C(O)c1ccc(Nc2nc(N3CCC[C@@H]3CO)nc3[nH]nnc23)cc1Cl. The largest absolute Gasteiger partial charge is 0.478 e. The zero-order valence-electron chi connectivity index (χ0n) is 14.1. The molecule has 1 atom stereocenters. The highest BCUT2D eigenvalue weighted by Crippen LogP contribution is 2.29. The lowest BCUT2D eigenvalue weighted by Gasteiger charge is -2.23. The van der Waals surface area contributed by atoms with Crippen molar-refractivity contribution in [1.29, 1.82) is 0 Å². The highest BCUT2D eigenvalue weighted by Gasteiger charge is 2.27. The number of anilines is 3. The number of aromatic carboxylic acids is 1. The van der Waals surface area contributed by atoms with E-state index in [2.05, 4.69) is 30.7 Å². The molecule has 3 aromatic rings. The molecule has 1 saturated heterocycles. The van der Waals surface area contributed by atoms with Gasteiger partial charge in [0, 0.05) is 12.2 Å². The minimum atomic E-state index is -1.10. The summed E-state index contributed by atoms with van der Waals surface area (Å²) in [5, 5.41) is 32.4. The minimum absolute atomic E-state index is 0.0139. The molecule has 0 radical (unpaired) electrons. The maximum atomic E-state index is 11.1. The van der Waals surface area contributed by atoms with Crippen LogP contribution >= 0.6 is 11.6 Å². The lowest BCUT2D eigenvalue weighted by atomic mass is 10.2. The van der Waals surface area contributed by atoms with Crippen LogP contribution in [0.2, 0.25) is 5.02 Å². The number of aliphatic hydroxyl groups is 1. The fourth-order valence-electron chi connectivity index (χ4n) is 3.15. The van der Waals surface area contributed by atoms with E-state index in [0.29, 0.717) is 28.6 Å². The molecule has 11 heteroatoms. The van der Waals surface area contributed by atoms with Crippen LogP contribution in [0.1, 0.15) is 23.2 Å². The number of benzene rings is 1. The van der Waals surface area contributed by atoms with Crippen LogP contribution in [0.25, 0.3) is 11.2 Å². The molecule has 140 valence electrons. The zero-order chi connectivity index (χ0) is 19.0. The second-order valence-corrected chi connectivity index (χ2v) is 6.59. The Morgan fingerprint density at radius 1 is 1.41 bits per heavy atom. The Bertz CT molecular complexity index is 1010. The Hall–Kier alpha value is -2.98. The quantitative estimate of drug-likeness (QED) is 0.514. The first-order valence-corrected chi connectivity index (χ1v) is 8.71. The molecule has 0 spiro atoms. The monoisotopic (exact) mass is 389 g/mol. The standard InChI is InChI=1S/C16H16ClN7O3/c17-11-6-8(3-4-10(11)15(26)27)18-13-12-14(22-23-21-12)20-16(19-13)24-5-1-2-9(24)7-25/h3-4,6,9,25H,1-2,5,7H2,(H,26,27)(H2,18,19,20,21,22,23)/t9-/m1/s1. The van der Waals surface area contributed by atoms with Crippen LogP contribution in [-0.4, -0.2) is 60.8 Å². The van der Waals surface area contributed by atoms with Gasteiger partial charge < -0.3 is 20.4 Å². The van der Waals surface area contributed by atoms with Gasteiger partial charge in [0.15, 0.2) is 17.0 Å². The number of nitrogens with zero attached hydrogens (tertiary/aromatic N) is 5. The maximum absolute atomic E-state index is 11.1. The molecule has 1 aromatic carbocycles. The molecular weight excluding hydrogens is 374 g/mol. The van der Waals surface area contributed by atoms with Gasteiger partial charge in [0.05, 0.1) is 23.2 Å². The van der Waals surface area contributed by atoms with E-state index in [-0.39, 0.29) is 23.2 Å². The van der Waals surface area contributed by atoms with Crippen molar-refractivity contribution in [3.05, 3.63) is 28.8 Å². The summed E-state index contributed by atoms with van der Waals surface area (Å²) in [5.74, 6) is -0.230. The lowest BCUT2D eigenvalue weighted by Crippen LogP contribution is -2.33. The number of carboxylic acid groups (broad SMARTS) is 1. The Morgan fingerprint density at radius 3 is 3.00 bits per heavy atom. The highest BCUT2D eigenvalue weighted by atomic mass is 35.5. The summed E-state index contributed by atoms with van der Waals surface area (Å²) in [6.45, 7) is 0.772. The van der Waals surface area contributed by atoms with Crippen LogP contribution in [0.15, 0.2) is 18.2 Å². The maximum Gasteiger partial charge on any atom is 0.337 e. The summed E-state index contributed by atoms with van der Waals surface area (Å²) >= 11 is 6.04. The second-order valence-electron chi connectivity index (χ2n) is 6.18. The molecule has 10 nitrogen and oxygen atoms in total. The van der Waals surface area contributed by atoms with Crippen molar-refractivity contribution in [1.82, 2.24) is 25.4 Å². The summed E-state index contributed by atoms with van der Waals surface area (Å²) in [7, 11) is 0. The van der Waals surface area contributed by atoms with Gasteiger partial charge in [0.1, 0.15) is 0 Å². The third-order valence-electron chi connectivity index (χ3n) is 4.49. The average Bonchev–Trinajstić information content (AvgIpc) is 3.30. The van der Waals surface area contributed by atoms with Gasteiger partial charge in [-0.15, -0.1) is 5.10 Å². The molecule has 0 unspecified atom stereocenters. The number of halogens is 1. The van der Waals surface area contributed by atoms with Gasteiger partial charge in [-0.2, -0.15) is 9.97 Å². The number of carbonyl (C=O) groups is 1. The molecule has 0 bridgehead atoms. The first-order valence-electron chi connectivity index (χ1n) is 8.33. The Morgan fingerprint density at radius 2 is 2.26 bits per heavy atom. The second kappa shape index (κ2) is 6.97. The molecule has 0 aliphatic carbocycles. The Balaban J connectivity index is 1.72. The van der Waals surface area contributed by atoms with Gasteiger partial charge in [0.25, 0.3) is 0 Å². The van der Waals surface area contributed by atoms with E-state index in [9.17, 15) is 9.90 Å². The Labute approximate surface area is 158 Å². The molecular formula is C16H16ClN7O3. The number of aliphatic hydroxyl groups excluding tert-OH is 1. The number of hydrogen-bond acceptors (Lipinski definition) is 8. The first-order chi connectivity index (χ1) is 13.1. The number of nitrogens with one attached hydrogen (secondary N) is 2. The van der Waals surface area contributed by atoms with Gasteiger partial charge in [-0.25, -0.2) is 9.89 Å². The number of aromatic amines is 1. The summed E-state index contributed by atoms with van der Waals surface area (Å²) in [5.41, 5.74) is 1.47. The van der Waals surface area contributed by atoms with Crippen molar-refractivity contribution in [3.63, 3.8) is 0 Å². The van der Waals surface area contributed by atoms with Crippen molar-refractivity contribution in [2.24, 2.45) is 0 Å². The fraction of sp³-hybridized carbons (Fsp3) is 0.312. The van der Waals surface area contributed by atoms with Crippen molar-refractivity contribution in [3.8, 4) is 0 Å². The zero-order valence-corrected chi connectivity index (χ0v) is 14.8. The van der Waals surface area contributed by atoms with E-state index in [1.165, 1.54) is 12.1 Å². The predicted molar refractivity (Wildman–Crippen MR) is 98.6 cm³/mol. The molecule has 27 heavy (non-hydrogen) atoms. The van der Waals surface area contributed by atoms with Crippen LogP contribution in [0, 0.1) is 0 Å². The summed E-state index contributed by atoms with van der Waals surface area (Å²) in [6, 6.07) is 4.48. The third-order valence-corrected chi connectivity index (χ3v) is 4.80. The summed E-state index contributed by atoms with van der Waals surface area (Å²) < 4.78 is 0. The van der Waals surface area contributed by atoms with E-state index < -0.39 is 5.97 Å². The summed E-state index contributed by atoms with van der Waals surface area (Å²) in [4.78, 5) is 22.1. The number of rotatable bonds is 5. The topological polar surface area (TPSA) is 140 Å². The van der Waals surface area contributed by atoms with Crippen molar-refractivity contribution < 1.29 is 15.0 Å². The van der Waals surface area contributed by atoms with Crippen molar-refractivity contribution in [2.75, 3.05) is 23.4 Å². The molecule has 2 aromatic heterocycles. The van der Waals surface area contributed by atoms with Crippen LogP contribution in [0.5, 0.6) is 0 Å². The fourth-order valence-corrected chi connectivity index (χ4v) is 3.41. The molecule has 1 aliphatic heterocycles.